The Balaban J connectivity index is 1.74. The molecular formula is C18H20N6O4S. The fraction of sp³-hybridized carbons (Fsp3) is 0.333. The van der Waals surface area contributed by atoms with Crippen LogP contribution in [0.1, 0.15) is 49.8 Å². The highest BCUT2D eigenvalue weighted by Crippen LogP contribution is 2.23. The fourth-order valence-corrected chi connectivity index (χ4v) is 3.15. The van der Waals surface area contributed by atoms with Crippen LogP contribution in [0.2, 0.25) is 0 Å². The van der Waals surface area contributed by atoms with E-state index in [0.717, 1.165) is 0 Å². The third-order valence-corrected chi connectivity index (χ3v) is 4.84. The lowest BCUT2D eigenvalue weighted by Gasteiger charge is -2.16. The lowest BCUT2D eigenvalue weighted by atomic mass is 9.96. The Labute approximate surface area is 168 Å². The van der Waals surface area contributed by atoms with Gasteiger partial charge in [-0.2, -0.15) is 0 Å². The van der Waals surface area contributed by atoms with Gasteiger partial charge in [-0.25, -0.2) is 14.8 Å². The predicted octanol–water partition coefficient (Wildman–Crippen LogP) is 1.54. The van der Waals surface area contributed by atoms with Gasteiger partial charge in [-0.15, -0.1) is 11.3 Å². The number of thiazole rings is 1. The normalized spacial score (nSPS) is 12.6. The molecule has 10 nitrogen and oxygen atoms in total. The summed E-state index contributed by atoms with van der Waals surface area (Å²) in [5.41, 5.74) is -0.989. The number of aromatic amines is 2. The third-order valence-electron chi connectivity index (χ3n) is 4.07. The zero-order chi connectivity index (χ0) is 21.3. The van der Waals surface area contributed by atoms with Gasteiger partial charge in [-0.3, -0.25) is 24.4 Å². The Morgan fingerprint density at radius 2 is 1.93 bits per heavy atom. The molecule has 2 amide bonds. The van der Waals surface area contributed by atoms with Gasteiger partial charge in [-0.05, 0) is 13.0 Å². The maximum atomic E-state index is 12.5. The molecule has 0 saturated heterocycles. The summed E-state index contributed by atoms with van der Waals surface area (Å²) in [4.78, 5) is 60.6. The summed E-state index contributed by atoms with van der Waals surface area (Å²) in [6.45, 7) is 7.16. The van der Waals surface area contributed by atoms with Crippen LogP contribution in [0.15, 0.2) is 27.2 Å². The van der Waals surface area contributed by atoms with E-state index >= 15 is 0 Å². The zero-order valence-electron chi connectivity index (χ0n) is 16.2. The van der Waals surface area contributed by atoms with Gasteiger partial charge in [0.15, 0.2) is 5.13 Å². The van der Waals surface area contributed by atoms with Gasteiger partial charge in [-0.1, -0.05) is 20.8 Å². The van der Waals surface area contributed by atoms with Crippen LogP contribution in [0, 0.1) is 5.41 Å². The Morgan fingerprint density at radius 3 is 2.62 bits per heavy atom. The number of anilines is 1. The molecule has 3 rings (SSSR count). The van der Waals surface area contributed by atoms with E-state index in [9.17, 15) is 19.2 Å². The van der Waals surface area contributed by atoms with Crippen molar-refractivity contribution < 1.29 is 9.59 Å². The highest BCUT2D eigenvalue weighted by Gasteiger charge is 2.23. The molecule has 3 aromatic rings. The molecule has 11 heteroatoms. The Morgan fingerprint density at radius 1 is 1.21 bits per heavy atom. The summed E-state index contributed by atoms with van der Waals surface area (Å²) in [5.74, 6) is -0.605. The molecule has 0 aliphatic rings. The molecule has 3 aromatic heterocycles. The molecule has 0 aliphatic heterocycles. The Hall–Kier alpha value is -3.34. The number of carbonyl (C=O) groups is 2. The van der Waals surface area contributed by atoms with Crippen molar-refractivity contribution in [3.8, 4) is 0 Å². The van der Waals surface area contributed by atoms with E-state index in [1.165, 1.54) is 23.6 Å². The van der Waals surface area contributed by atoms with Crippen molar-refractivity contribution in [1.82, 2.24) is 25.3 Å². The molecule has 0 aliphatic carbocycles. The van der Waals surface area contributed by atoms with Crippen molar-refractivity contribution in [1.29, 1.82) is 0 Å². The minimum absolute atomic E-state index is 0.0991. The predicted molar refractivity (Wildman–Crippen MR) is 109 cm³/mol. The lowest BCUT2D eigenvalue weighted by Crippen LogP contribution is -2.28. The van der Waals surface area contributed by atoms with Crippen LogP contribution in [0.4, 0.5) is 5.13 Å². The quantitative estimate of drug-likeness (QED) is 0.507. The van der Waals surface area contributed by atoms with Crippen molar-refractivity contribution in [2.24, 2.45) is 5.41 Å². The summed E-state index contributed by atoms with van der Waals surface area (Å²) >= 11 is 1.26. The molecule has 0 saturated carbocycles. The summed E-state index contributed by atoms with van der Waals surface area (Å²) in [6.07, 6.45) is 1.27. The number of amides is 2. The van der Waals surface area contributed by atoms with Crippen molar-refractivity contribution in [3.05, 3.63) is 49.7 Å². The van der Waals surface area contributed by atoms with Crippen molar-refractivity contribution in [2.45, 2.75) is 33.7 Å². The van der Waals surface area contributed by atoms with Crippen molar-refractivity contribution >= 4 is 39.3 Å². The number of carbonyl (C=O) groups excluding carboxylic acids is 2. The second kappa shape index (κ2) is 7.59. The number of hydrogen-bond acceptors (Lipinski definition) is 7. The van der Waals surface area contributed by atoms with Gasteiger partial charge in [0.25, 0.3) is 11.5 Å². The van der Waals surface area contributed by atoms with E-state index in [-0.39, 0.29) is 22.5 Å². The van der Waals surface area contributed by atoms with E-state index < -0.39 is 28.6 Å². The van der Waals surface area contributed by atoms with Gasteiger partial charge in [0.2, 0.25) is 5.91 Å². The summed E-state index contributed by atoms with van der Waals surface area (Å²) < 4.78 is 0. The molecule has 0 fully saturated rings. The first-order valence-corrected chi connectivity index (χ1v) is 9.62. The molecule has 0 radical (unpaired) electrons. The topological polar surface area (TPSA) is 150 Å². The van der Waals surface area contributed by atoms with Crippen molar-refractivity contribution in [3.63, 3.8) is 0 Å². The van der Waals surface area contributed by atoms with Gasteiger partial charge in [0, 0.05) is 17.0 Å². The summed E-state index contributed by atoms with van der Waals surface area (Å²) in [7, 11) is 0. The number of H-pyrrole nitrogens is 2. The highest BCUT2D eigenvalue weighted by molar-refractivity contribution is 7.13. The van der Waals surface area contributed by atoms with Crippen LogP contribution in [0.25, 0.3) is 11.0 Å². The molecule has 29 heavy (non-hydrogen) atoms. The summed E-state index contributed by atoms with van der Waals surface area (Å²) in [6, 6.07) is 0.915. The molecule has 0 aromatic carbocycles. The lowest BCUT2D eigenvalue weighted by molar-refractivity contribution is -0.123. The van der Waals surface area contributed by atoms with Gasteiger partial charge < -0.3 is 10.6 Å². The molecule has 152 valence electrons. The first-order valence-electron chi connectivity index (χ1n) is 8.74. The second-order valence-electron chi connectivity index (χ2n) is 7.51. The molecule has 4 N–H and O–H groups in total. The fourth-order valence-electron chi connectivity index (χ4n) is 2.35. The van der Waals surface area contributed by atoms with E-state index in [1.807, 2.05) is 0 Å². The Bertz CT molecular complexity index is 1200. The molecule has 1 unspecified atom stereocenters. The van der Waals surface area contributed by atoms with Crippen LogP contribution in [0.5, 0.6) is 0 Å². The van der Waals surface area contributed by atoms with Gasteiger partial charge in [0.05, 0.1) is 22.7 Å². The SMILES string of the molecule is CC(NC(=O)c1cnc2[nH]c(=O)[nH]c(=O)c2c1)c1csc(NC(=O)C(C)(C)C)n1. The standard InChI is InChI=1S/C18H20N6O4S/c1-8(11-7-29-17(21-11)24-15(27)18(2,3)4)20-13(25)9-5-10-12(19-6-9)22-16(28)23-14(10)26/h5-8H,1-4H3,(H,20,25)(H,21,24,27)(H2,19,22,23,26,28). The maximum Gasteiger partial charge on any atom is 0.327 e. The smallest absolute Gasteiger partial charge is 0.327 e. The average Bonchev–Trinajstić information content (AvgIpc) is 3.09. The minimum Gasteiger partial charge on any atom is -0.344 e. The zero-order valence-corrected chi connectivity index (χ0v) is 17.1. The number of fused-ring (bicyclic) bond motifs is 1. The van der Waals surface area contributed by atoms with E-state index in [0.29, 0.717) is 10.8 Å². The number of pyridine rings is 1. The summed E-state index contributed by atoms with van der Waals surface area (Å²) in [5, 5.41) is 7.82. The molecule has 3 heterocycles. The number of rotatable bonds is 4. The van der Waals surface area contributed by atoms with Gasteiger partial charge >= 0.3 is 5.69 Å². The second-order valence-corrected chi connectivity index (χ2v) is 8.36. The number of aromatic nitrogens is 4. The number of nitrogens with zero attached hydrogens (tertiary/aromatic N) is 2. The maximum absolute atomic E-state index is 12.5. The Kier molecular flexibility index (Phi) is 5.33. The molecular weight excluding hydrogens is 396 g/mol. The largest absolute Gasteiger partial charge is 0.344 e. The highest BCUT2D eigenvalue weighted by atomic mass is 32.1. The number of nitrogens with one attached hydrogen (secondary N) is 4. The van der Waals surface area contributed by atoms with E-state index in [4.69, 9.17) is 0 Å². The van der Waals surface area contributed by atoms with E-state index in [1.54, 1.807) is 33.1 Å². The third kappa shape index (κ3) is 4.57. The molecule has 0 spiro atoms. The van der Waals surface area contributed by atoms with Crippen LogP contribution in [-0.2, 0) is 4.79 Å². The first kappa shape index (κ1) is 20.4. The molecule has 1 atom stereocenters. The molecule has 0 bridgehead atoms. The van der Waals surface area contributed by atoms with Crippen molar-refractivity contribution in [2.75, 3.05) is 5.32 Å². The van der Waals surface area contributed by atoms with Gasteiger partial charge in [0.1, 0.15) is 5.65 Å². The monoisotopic (exact) mass is 416 g/mol. The average molecular weight is 416 g/mol. The first-order chi connectivity index (χ1) is 13.5. The van der Waals surface area contributed by atoms with Crippen LogP contribution >= 0.6 is 11.3 Å². The van der Waals surface area contributed by atoms with E-state index in [2.05, 4.69) is 30.6 Å². The van der Waals surface area contributed by atoms with Crippen LogP contribution < -0.4 is 21.9 Å². The van der Waals surface area contributed by atoms with Crippen LogP contribution in [-0.4, -0.2) is 31.8 Å². The number of hydrogen-bond donors (Lipinski definition) is 4. The van der Waals surface area contributed by atoms with Crippen LogP contribution in [0.3, 0.4) is 0 Å². The minimum atomic E-state index is -0.668.